The molecule has 0 rings (SSSR count). The molecule has 4 heteroatoms. The monoisotopic (exact) mass is 120 g/mol. The van der Waals surface area contributed by atoms with Crippen molar-refractivity contribution in [2.45, 2.75) is 6.92 Å². The number of hydrogen-bond acceptors (Lipinski definition) is 3. The summed E-state index contributed by atoms with van der Waals surface area (Å²) in [6.07, 6.45) is -1.23. The maximum Gasteiger partial charge on any atom is 0.144 e. The smallest absolute Gasteiger partial charge is 0.144 e. The Balaban J connectivity index is 2.82. The van der Waals surface area contributed by atoms with E-state index in [0.29, 0.717) is 0 Å². The van der Waals surface area contributed by atoms with Gasteiger partial charge in [0.25, 0.3) is 0 Å². The normalized spacial score (nSPS) is 8.14. The predicted molar refractivity (Wildman–Crippen MR) is 26.7 cm³/mol. The standard InChI is InChI=1S/C3H7NO2S/c1-2-7-4-3(5)6/h4H,2H2,1H3,(H,5,6)/p-1. The van der Waals surface area contributed by atoms with Gasteiger partial charge in [-0.25, -0.2) is 0 Å². The van der Waals surface area contributed by atoms with Gasteiger partial charge in [-0.3, -0.25) is 0 Å². The van der Waals surface area contributed by atoms with Gasteiger partial charge >= 0.3 is 0 Å². The number of amides is 1. The molecule has 42 valence electrons. The molecule has 1 N–H and O–H groups in total. The highest BCUT2D eigenvalue weighted by atomic mass is 32.2. The molecule has 0 aromatic heterocycles. The molecule has 7 heavy (non-hydrogen) atoms. The minimum atomic E-state index is -1.23. The SMILES string of the molecule is CCSNC(=O)[O-]. The Hall–Kier alpha value is -0.380. The van der Waals surface area contributed by atoms with Crippen LogP contribution in [0.15, 0.2) is 0 Å². The fourth-order valence-corrected chi connectivity index (χ4v) is 0.393. The third kappa shape index (κ3) is 5.62. The summed E-state index contributed by atoms with van der Waals surface area (Å²) in [5.41, 5.74) is 0. The quantitative estimate of drug-likeness (QED) is 0.504. The van der Waals surface area contributed by atoms with Gasteiger partial charge in [0.2, 0.25) is 0 Å². The van der Waals surface area contributed by atoms with Crippen molar-refractivity contribution in [2.24, 2.45) is 0 Å². The van der Waals surface area contributed by atoms with Crippen LogP contribution in [-0.4, -0.2) is 11.8 Å². The van der Waals surface area contributed by atoms with E-state index in [9.17, 15) is 9.90 Å². The van der Waals surface area contributed by atoms with Gasteiger partial charge in [-0.2, -0.15) is 0 Å². The van der Waals surface area contributed by atoms with E-state index in [0.717, 1.165) is 17.7 Å². The van der Waals surface area contributed by atoms with Crippen LogP contribution in [0.4, 0.5) is 4.79 Å². The fourth-order valence-electron chi connectivity index (χ4n) is 0.131. The molecule has 3 nitrogen and oxygen atoms in total. The summed E-state index contributed by atoms with van der Waals surface area (Å²) in [5, 5.41) is 9.52. The molecule has 0 heterocycles. The number of carbonyl (C=O) groups is 1. The zero-order chi connectivity index (χ0) is 5.70. The highest BCUT2D eigenvalue weighted by Gasteiger charge is 1.76. The molecule has 0 aromatic carbocycles. The fraction of sp³-hybridized carbons (Fsp3) is 0.667. The first kappa shape index (κ1) is 6.62. The number of carboxylic acid groups (broad SMARTS) is 1. The lowest BCUT2D eigenvalue weighted by Gasteiger charge is -2.00. The molecule has 0 fully saturated rings. The van der Waals surface area contributed by atoms with Gasteiger partial charge in [0.1, 0.15) is 6.09 Å². The molecule has 0 saturated heterocycles. The Morgan fingerprint density at radius 3 is 2.71 bits per heavy atom. The summed E-state index contributed by atoms with van der Waals surface area (Å²) in [7, 11) is 0. The van der Waals surface area contributed by atoms with Crippen molar-refractivity contribution in [2.75, 3.05) is 5.75 Å². The van der Waals surface area contributed by atoms with E-state index in [1.165, 1.54) is 0 Å². The third-order valence-corrected chi connectivity index (χ3v) is 0.900. The van der Waals surface area contributed by atoms with Gasteiger partial charge in [0, 0.05) is 5.75 Å². The lowest BCUT2D eigenvalue weighted by Crippen LogP contribution is -2.31. The first-order valence-corrected chi connectivity index (χ1v) is 2.84. The van der Waals surface area contributed by atoms with Gasteiger partial charge in [0.05, 0.1) is 0 Å². The van der Waals surface area contributed by atoms with Crippen LogP contribution < -0.4 is 9.83 Å². The molecule has 1 amide bonds. The second-order valence-corrected chi connectivity index (χ2v) is 1.89. The number of hydrogen-bond donors (Lipinski definition) is 1. The summed E-state index contributed by atoms with van der Waals surface area (Å²) < 4.78 is 2.02. The second-order valence-electron chi connectivity index (χ2n) is 0.823. The lowest BCUT2D eigenvalue weighted by molar-refractivity contribution is -0.247. The van der Waals surface area contributed by atoms with Gasteiger partial charge in [-0.05, 0) is 0 Å². The van der Waals surface area contributed by atoms with Gasteiger partial charge in [-0.15, -0.1) is 0 Å². The molecule has 0 radical (unpaired) electrons. The Labute approximate surface area is 46.2 Å². The average molecular weight is 120 g/mol. The van der Waals surface area contributed by atoms with Crippen LogP contribution >= 0.6 is 11.9 Å². The van der Waals surface area contributed by atoms with E-state index in [2.05, 4.69) is 0 Å². The van der Waals surface area contributed by atoms with Gasteiger partial charge in [-0.1, -0.05) is 18.9 Å². The molecule has 0 aliphatic carbocycles. The summed E-state index contributed by atoms with van der Waals surface area (Å²) >= 11 is 1.10. The number of carbonyl (C=O) groups excluding carboxylic acids is 1. The maximum absolute atomic E-state index is 9.52. The van der Waals surface area contributed by atoms with Gasteiger partial charge < -0.3 is 14.6 Å². The molecule has 0 aromatic rings. The van der Waals surface area contributed by atoms with E-state index in [1.807, 2.05) is 11.6 Å². The van der Waals surface area contributed by atoms with Crippen LogP contribution in [0.3, 0.4) is 0 Å². The highest BCUT2D eigenvalue weighted by molar-refractivity contribution is 7.97. The first-order chi connectivity index (χ1) is 3.27. The molecular formula is C3H6NO2S-. The van der Waals surface area contributed by atoms with E-state index < -0.39 is 6.09 Å². The Morgan fingerprint density at radius 1 is 2.00 bits per heavy atom. The Morgan fingerprint density at radius 2 is 2.57 bits per heavy atom. The zero-order valence-corrected chi connectivity index (χ0v) is 4.75. The molecule has 0 atom stereocenters. The van der Waals surface area contributed by atoms with E-state index >= 15 is 0 Å². The first-order valence-electron chi connectivity index (χ1n) is 1.86. The van der Waals surface area contributed by atoms with Crippen LogP contribution in [0, 0.1) is 0 Å². The van der Waals surface area contributed by atoms with Crippen molar-refractivity contribution in [1.82, 2.24) is 4.72 Å². The largest absolute Gasteiger partial charge is 0.529 e. The molecule has 0 saturated carbocycles. The van der Waals surface area contributed by atoms with Crippen molar-refractivity contribution in [3.63, 3.8) is 0 Å². The zero-order valence-electron chi connectivity index (χ0n) is 3.93. The van der Waals surface area contributed by atoms with Crippen LogP contribution in [-0.2, 0) is 0 Å². The van der Waals surface area contributed by atoms with Crippen LogP contribution in [0.25, 0.3) is 0 Å². The minimum Gasteiger partial charge on any atom is -0.529 e. The molecule has 0 spiro atoms. The topological polar surface area (TPSA) is 52.2 Å². The summed E-state index contributed by atoms with van der Waals surface area (Å²) in [6, 6.07) is 0. The number of rotatable bonds is 2. The molecule has 0 unspecified atom stereocenters. The molecule has 0 aliphatic rings. The summed E-state index contributed by atoms with van der Waals surface area (Å²) in [6.45, 7) is 1.85. The van der Waals surface area contributed by atoms with Crippen LogP contribution in [0.2, 0.25) is 0 Å². The van der Waals surface area contributed by atoms with Crippen molar-refractivity contribution < 1.29 is 9.90 Å². The number of nitrogens with one attached hydrogen (secondary N) is 1. The van der Waals surface area contributed by atoms with Gasteiger partial charge in [0.15, 0.2) is 0 Å². The third-order valence-electron chi connectivity index (χ3n) is 0.300. The van der Waals surface area contributed by atoms with Crippen molar-refractivity contribution in [1.29, 1.82) is 0 Å². The Bertz CT molecular complexity index is 66.0. The maximum atomic E-state index is 9.52. The van der Waals surface area contributed by atoms with Crippen molar-refractivity contribution in [3.8, 4) is 0 Å². The summed E-state index contributed by atoms with van der Waals surface area (Å²) in [5.74, 6) is 0.730. The molecule has 0 bridgehead atoms. The van der Waals surface area contributed by atoms with Crippen molar-refractivity contribution >= 4 is 18.0 Å². The lowest BCUT2D eigenvalue weighted by atomic mass is 11.0. The van der Waals surface area contributed by atoms with E-state index in [-0.39, 0.29) is 0 Å². The van der Waals surface area contributed by atoms with E-state index in [1.54, 1.807) is 0 Å². The highest BCUT2D eigenvalue weighted by Crippen LogP contribution is 1.86. The van der Waals surface area contributed by atoms with Crippen LogP contribution in [0.5, 0.6) is 0 Å². The molecule has 0 aliphatic heterocycles. The van der Waals surface area contributed by atoms with Crippen LogP contribution in [0.1, 0.15) is 6.92 Å². The van der Waals surface area contributed by atoms with E-state index in [4.69, 9.17) is 0 Å². The summed E-state index contributed by atoms with van der Waals surface area (Å²) in [4.78, 5) is 9.52. The van der Waals surface area contributed by atoms with Crippen molar-refractivity contribution in [3.05, 3.63) is 0 Å². The Kier molecular flexibility index (Phi) is 3.59. The predicted octanol–water partition coefficient (Wildman–Crippen LogP) is -0.413. The average Bonchev–Trinajstić information content (AvgIpc) is 1.61. The second kappa shape index (κ2) is 3.80. The minimum absolute atomic E-state index is 0.730. The molecular weight excluding hydrogens is 114 g/mol.